The highest BCUT2D eigenvalue weighted by atomic mass is 19.1. The summed E-state index contributed by atoms with van der Waals surface area (Å²) in [7, 11) is 0. The molecule has 2 amide bonds. The molecule has 8 nitrogen and oxygen atoms in total. The summed E-state index contributed by atoms with van der Waals surface area (Å²) in [4.78, 5) is 28.1. The number of fused-ring (bicyclic) bond motifs is 1. The Morgan fingerprint density at radius 1 is 1.23 bits per heavy atom. The van der Waals surface area contributed by atoms with Crippen LogP contribution in [0.2, 0.25) is 0 Å². The van der Waals surface area contributed by atoms with Crippen LogP contribution in [0.4, 0.5) is 16.0 Å². The van der Waals surface area contributed by atoms with Gasteiger partial charge < -0.3 is 10.6 Å². The lowest BCUT2D eigenvalue weighted by Crippen LogP contribution is -2.19. The second-order valence-electron chi connectivity index (χ2n) is 7.48. The molecule has 0 bridgehead atoms. The Morgan fingerprint density at radius 3 is 2.73 bits per heavy atom. The van der Waals surface area contributed by atoms with Crippen molar-refractivity contribution < 1.29 is 14.0 Å². The number of nitrogens with one attached hydrogen (secondary N) is 3. The molecule has 152 valence electrons. The van der Waals surface area contributed by atoms with Gasteiger partial charge in [0.2, 0.25) is 5.91 Å². The number of halogens is 1. The van der Waals surface area contributed by atoms with Crippen molar-refractivity contribution >= 4 is 35.2 Å². The standard InChI is InChI=1S/C21H19FN6O2/c22-15-3-1-12(2-4-15)10-23-17-9-18(25-16-5-6-16)28-20(26-17)14(11-24-28)7-13-8-19(29)27-21(13)30/h1-4,7,9,11,16,25H,5-6,8,10H2,(H,23,26)(H,27,29,30)/b13-7+. The zero-order chi connectivity index (χ0) is 20.7. The molecule has 1 aromatic carbocycles. The van der Waals surface area contributed by atoms with E-state index in [0.29, 0.717) is 35.2 Å². The minimum absolute atomic E-state index is 0.0475. The molecular weight excluding hydrogens is 387 g/mol. The lowest BCUT2D eigenvalue weighted by Gasteiger charge is -2.11. The van der Waals surface area contributed by atoms with Gasteiger partial charge >= 0.3 is 0 Å². The van der Waals surface area contributed by atoms with E-state index in [1.54, 1.807) is 28.9 Å². The number of hydrogen-bond donors (Lipinski definition) is 3. The van der Waals surface area contributed by atoms with Gasteiger partial charge in [0.25, 0.3) is 5.91 Å². The number of nitrogens with zero attached hydrogens (tertiary/aromatic N) is 3. The summed E-state index contributed by atoms with van der Waals surface area (Å²) in [5, 5.41) is 13.4. The van der Waals surface area contributed by atoms with E-state index < -0.39 is 0 Å². The molecule has 9 heteroatoms. The molecule has 5 rings (SSSR count). The molecule has 2 aliphatic rings. The summed E-state index contributed by atoms with van der Waals surface area (Å²) < 4.78 is 14.8. The van der Waals surface area contributed by atoms with E-state index in [1.165, 1.54) is 12.1 Å². The van der Waals surface area contributed by atoms with E-state index in [4.69, 9.17) is 0 Å². The molecule has 1 saturated heterocycles. The molecule has 2 aromatic heterocycles. The van der Waals surface area contributed by atoms with Crippen molar-refractivity contribution in [1.29, 1.82) is 0 Å². The van der Waals surface area contributed by atoms with Crippen LogP contribution in [0, 0.1) is 5.82 Å². The molecule has 30 heavy (non-hydrogen) atoms. The number of imide groups is 1. The second kappa shape index (κ2) is 7.25. The normalized spacial score (nSPS) is 17.6. The fourth-order valence-electron chi connectivity index (χ4n) is 3.32. The smallest absolute Gasteiger partial charge is 0.254 e. The number of amides is 2. The highest BCUT2D eigenvalue weighted by molar-refractivity contribution is 6.15. The Bertz CT molecular complexity index is 1180. The van der Waals surface area contributed by atoms with Crippen molar-refractivity contribution in [1.82, 2.24) is 19.9 Å². The second-order valence-corrected chi connectivity index (χ2v) is 7.48. The molecule has 1 aliphatic carbocycles. The van der Waals surface area contributed by atoms with E-state index in [9.17, 15) is 14.0 Å². The predicted molar refractivity (Wildman–Crippen MR) is 109 cm³/mol. The number of benzene rings is 1. The molecule has 3 aromatic rings. The lowest BCUT2D eigenvalue weighted by atomic mass is 10.1. The topological polar surface area (TPSA) is 100 Å². The van der Waals surface area contributed by atoms with Crippen molar-refractivity contribution in [2.45, 2.75) is 31.8 Å². The summed E-state index contributed by atoms with van der Waals surface area (Å²) in [5.74, 6) is 0.443. The third-order valence-electron chi connectivity index (χ3n) is 5.04. The van der Waals surface area contributed by atoms with Crippen LogP contribution in [0.3, 0.4) is 0 Å². The number of carbonyl (C=O) groups excluding carboxylic acids is 2. The Hall–Kier alpha value is -3.75. The Labute approximate surface area is 171 Å². The van der Waals surface area contributed by atoms with Gasteiger partial charge in [0, 0.05) is 29.8 Å². The van der Waals surface area contributed by atoms with Crippen molar-refractivity contribution in [3.63, 3.8) is 0 Å². The van der Waals surface area contributed by atoms with Crippen molar-refractivity contribution in [2.24, 2.45) is 0 Å². The summed E-state index contributed by atoms with van der Waals surface area (Å²) in [6.45, 7) is 0.480. The average molecular weight is 406 g/mol. The van der Waals surface area contributed by atoms with Crippen molar-refractivity contribution in [3.05, 3.63) is 59.0 Å². The van der Waals surface area contributed by atoms with Gasteiger partial charge in [-0.05, 0) is 36.6 Å². The van der Waals surface area contributed by atoms with Crippen LogP contribution in [0.15, 0.2) is 42.1 Å². The molecule has 0 radical (unpaired) electrons. The highest BCUT2D eigenvalue weighted by Crippen LogP contribution is 2.28. The first-order chi connectivity index (χ1) is 14.5. The van der Waals surface area contributed by atoms with E-state index in [1.807, 2.05) is 6.07 Å². The summed E-state index contributed by atoms with van der Waals surface area (Å²) in [6.07, 6.45) is 5.53. The maximum Gasteiger partial charge on any atom is 0.254 e. The maximum absolute atomic E-state index is 13.1. The first-order valence-electron chi connectivity index (χ1n) is 9.73. The van der Waals surface area contributed by atoms with Crippen LogP contribution in [0.5, 0.6) is 0 Å². The van der Waals surface area contributed by atoms with Gasteiger partial charge in [-0.3, -0.25) is 14.9 Å². The predicted octanol–water partition coefficient (Wildman–Crippen LogP) is 2.48. The molecular formula is C21H19FN6O2. The van der Waals surface area contributed by atoms with E-state index in [-0.39, 0.29) is 24.1 Å². The van der Waals surface area contributed by atoms with Gasteiger partial charge in [-0.2, -0.15) is 9.61 Å². The molecule has 0 spiro atoms. The fraction of sp³-hybridized carbons (Fsp3) is 0.238. The minimum atomic E-state index is -0.388. The van der Waals surface area contributed by atoms with Crippen LogP contribution in [0.1, 0.15) is 30.4 Å². The van der Waals surface area contributed by atoms with E-state index >= 15 is 0 Å². The quantitative estimate of drug-likeness (QED) is 0.430. The van der Waals surface area contributed by atoms with Gasteiger partial charge in [0.1, 0.15) is 17.5 Å². The van der Waals surface area contributed by atoms with E-state index in [2.05, 4.69) is 26.0 Å². The SMILES string of the molecule is O=C1C/C(=C\c2cnn3c(NC4CC4)cc(NCc4ccc(F)cc4)nc23)C(=O)N1. The summed E-state index contributed by atoms with van der Waals surface area (Å²) in [6, 6.07) is 8.56. The van der Waals surface area contributed by atoms with Crippen LogP contribution in [-0.4, -0.2) is 32.5 Å². The number of aromatic nitrogens is 3. The average Bonchev–Trinajstić information content (AvgIpc) is 3.36. The van der Waals surface area contributed by atoms with Crippen molar-refractivity contribution in [2.75, 3.05) is 10.6 Å². The van der Waals surface area contributed by atoms with Crippen LogP contribution in [-0.2, 0) is 16.1 Å². The Kier molecular flexibility index (Phi) is 4.42. The Balaban J connectivity index is 1.49. The number of hydrogen-bond acceptors (Lipinski definition) is 6. The number of carbonyl (C=O) groups is 2. The molecule has 1 aliphatic heterocycles. The zero-order valence-corrected chi connectivity index (χ0v) is 16.0. The summed E-state index contributed by atoms with van der Waals surface area (Å²) in [5.41, 5.74) is 2.53. The van der Waals surface area contributed by atoms with Crippen molar-refractivity contribution in [3.8, 4) is 0 Å². The van der Waals surface area contributed by atoms with Gasteiger partial charge in [0.05, 0.1) is 12.6 Å². The summed E-state index contributed by atoms with van der Waals surface area (Å²) >= 11 is 0. The van der Waals surface area contributed by atoms with Gasteiger partial charge in [-0.25, -0.2) is 9.37 Å². The number of rotatable bonds is 6. The molecule has 3 N–H and O–H groups in total. The highest BCUT2D eigenvalue weighted by Gasteiger charge is 2.25. The van der Waals surface area contributed by atoms with Crippen LogP contribution >= 0.6 is 0 Å². The first kappa shape index (κ1) is 18.3. The van der Waals surface area contributed by atoms with Crippen LogP contribution < -0.4 is 16.0 Å². The minimum Gasteiger partial charge on any atom is -0.367 e. The molecule has 3 heterocycles. The van der Waals surface area contributed by atoms with Crippen LogP contribution in [0.25, 0.3) is 11.7 Å². The monoisotopic (exact) mass is 406 g/mol. The third kappa shape index (κ3) is 3.73. The van der Waals surface area contributed by atoms with Gasteiger partial charge in [-0.15, -0.1) is 0 Å². The lowest BCUT2D eigenvalue weighted by molar-refractivity contribution is -0.124. The molecule has 2 fully saturated rings. The van der Waals surface area contributed by atoms with E-state index in [0.717, 1.165) is 24.2 Å². The molecule has 0 unspecified atom stereocenters. The van der Waals surface area contributed by atoms with Gasteiger partial charge in [0.15, 0.2) is 5.65 Å². The zero-order valence-electron chi connectivity index (χ0n) is 16.0. The molecule has 0 atom stereocenters. The van der Waals surface area contributed by atoms with Gasteiger partial charge in [-0.1, -0.05) is 12.1 Å². The Morgan fingerprint density at radius 2 is 2.03 bits per heavy atom. The fourth-order valence-corrected chi connectivity index (χ4v) is 3.32. The molecule has 1 saturated carbocycles. The third-order valence-corrected chi connectivity index (χ3v) is 5.04. The maximum atomic E-state index is 13.1. The first-order valence-corrected chi connectivity index (χ1v) is 9.73. The number of anilines is 2. The largest absolute Gasteiger partial charge is 0.367 e.